The Labute approximate surface area is 324 Å². The van der Waals surface area contributed by atoms with Crippen molar-refractivity contribution in [2.45, 2.75) is 90.5 Å². The Morgan fingerprint density at radius 1 is 0.667 bits per heavy atom. The van der Waals surface area contributed by atoms with Crippen LogP contribution in [0.5, 0.6) is 0 Å². The van der Waals surface area contributed by atoms with E-state index in [9.17, 15) is 0 Å². The number of anilines is 4. The maximum absolute atomic E-state index is 4.24. The van der Waals surface area contributed by atoms with Gasteiger partial charge in [0.2, 0.25) is 0 Å². The molecule has 1 aromatic heterocycles. The van der Waals surface area contributed by atoms with E-state index in [0.717, 1.165) is 0 Å². The first-order valence-electron chi connectivity index (χ1n) is 20.2. The van der Waals surface area contributed by atoms with Crippen LogP contribution in [0.4, 0.5) is 22.7 Å². The maximum atomic E-state index is 4.24. The van der Waals surface area contributed by atoms with Gasteiger partial charge in [0.25, 0.3) is 6.71 Å². The Kier molecular flexibility index (Phi) is 6.87. The van der Waals surface area contributed by atoms with Crippen LogP contribution >= 0.6 is 11.3 Å². The lowest BCUT2D eigenvalue weighted by Gasteiger charge is -2.45. The Bertz CT molecular complexity index is 2710. The van der Waals surface area contributed by atoms with Crippen molar-refractivity contribution in [2.24, 2.45) is 0 Å². The number of rotatable bonds is 1. The first-order chi connectivity index (χ1) is 26.1. The van der Waals surface area contributed by atoms with E-state index in [1.165, 1.54) is 136 Å². The summed E-state index contributed by atoms with van der Waals surface area (Å²) in [6.07, 6.45) is 6.44. The zero-order valence-electron chi connectivity index (χ0n) is 32.4. The molecule has 0 bridgehead atoms. The Morgan fingerprint density at radius 2 is 1.37 bits per heavy atom. The summed E-state index contributed by atoms with van der Waals surface area (Å²) in [5.74, 6) is 0. The molecule has 2 nitrogen and oxygen atoms in total. The molecule has 0 spiro atoms. The number of thiophene rings is 1. The molecular weight excluding hydrogens is 671 g/mol. The Hall–Kier alpha value is -4.80. The van der Waals surface area contributed by atoms with E-state index in [2.05, 4.69) is 155 Å². The van der Waals surface area contributed by atoms with Gasteiger partial charge in [-0.3, -0.25) is 0 Å². The fourth-order valence-electron chi connectivity index (χ4n) is 10.3. The Balaban J connectivity index is 1.26. The molecule has 0 amide bonds. The van der Waals surface area contributed by atoms with Crippen molar-refractivity contribution in [3.05, 3.63) is 114 Å². The van der Waals surface area contributed by atoms with Crippen molar-refractivity contribution >= 4 is 77.4 Å². The summed E-state index contributed by atoms with van der Waals surface area (Å²) >= 11 is 2.04. The highest BCUT2D eigenvalue weighted by molar-refractivity contribution is 7.33. The average molecular weight is 719 g/mol. The molecule has 2 aliphatic heterocycles. The summed E-state index contributed by atoms with van der Waals surface area (Å²) in [5.41, 5.74) is 19.1. The Morgan fingerprint density at radius 3 is 2.11 bits per heavy atom. The predicted octanol–water partition coefficient (Wildman–Crippen LogP) is 12.3. The van der Waals surface area contributed by atoms with Crippen LogP contribution in [0.25, 0.3) is 54.2 Å². The van der Waals surface area contributed by atoms with Gasteiger partial charge in [0.15, 0.2) is 0 Å². The fourth-order valence-corrected chi connectivity index (χ4v) is 11.6. The van der Waals surface area contributed by atoms with Gasteiger partial charge in [-0.1, -0.05) is 140 Å². The molecule has 2 aliphatic carbocycles. The summed E-state index contributed by atoms with van der Waals surface area (Å²) in [4.78, 5) is 2.85. The van der Waals surface area contributed by atoms with E-state index in [-0.39, 0.29) is 17.5 Å². The highest BCUT2D eigenvalue weighted by atomic mass is 32.1. The molecule has 54 heavy (non-hydrogen) atoms. The van der Waals surface area contributed by atoms with Crippen LogP contribution in [-0.2, 0) is 10.8 Å². The predicted molar refractivity (Wildman–Crippen MR) is 236 cm³/mol. The van der Waals surface area contributed by atoms with Gasteiger partial charge < -0.3 is 10.2 Å². The number of hydrogen-bond acceptors (Lipinski definition) is 3. The number of nitrogens with zero attached hydrogens (tertiary/aromatic N) is 1. The highest BCUT2D eigenvalue weighted by Crippen LogP contribution is 2.52. The smallest absolute Gasteiger partial charge is 0.264 e. The number of benzene rings is 6. The summed E-state index contributed by atoms with van der Waals surface area (Å²) in [5, 5.41) is 8.32. The van der Waals surface area contributed by atoms with Crippen molar-refractivity contribution in [3.8, 4) is 33.4 Å². The lowest BCUT2D eigenvalue weighted by molar-refractivity contribution is 0.436. The van der Waals surface area contributed by atoms with Crippen LogP contribution < -0.4 is 25.9 Å². The van der Waals surface area contributed by atoms with Crippen LogP contribution in [0.2, 0.25) is 0 Å². The minimum Gasteiger partial charge on any atom is -0.356 e. The molecule has 0 atom stereocenters. The first-order valence-corrected chi connectivity index (χ1v) is 21.0. The minimum atomic E-state index is -0.00486. The van der Waals surface area contributed by atoms with E-state index >= 15 is 0 Å². The van der Waals surface area contributed by atoms with Crippen LogP contribution in [-0.4, -0.2) is 12.8 Å². The fraction of sp³-hybridized carbons (Fsp3) is 0.280. The zero-order chi connectivity index (χ0) is 36.7. The van der Waals surface area contributed by atoms with Crippen LogP contribution in [0.3, 0.4) is 0 Å². The molecule has 1 saturated carbocycles. The molecule has 7 aromatic rings. The van der Waals surface area contributed by atoms with Crippen molar-refractivity contribution in [1.82, 2.24) is 0 Å². The number of nitrogens with one attached hydrogen (secondary N) is 1. The van der Waals surface area contributed by atoms with E-state index in [1.54, 1.807) is 0 Å². The van der Waals surface area contributed by atoms with Crippen molar-refractivity contribution < 1.29 is 0 Å². The standard InChI is InChI=1S/C50H47BN2S/c1-49(2,3)30-22-25-42-38(26-30)47-48(54-42)51-39-24-23-37-36-21-13-15-29-14-12-20-34(43(29)36)33-18-10-11-19-35(33)44(37)46(39)52-40-27-31(50(4,5)6)28-41(45(40)51)53(47)32-16-8-7-9-17-32/h10-15,18-28,32,52H,7-9,16-17H2,1-6H3. The second kappa shape index (κ2) is 11.4. The molecule has 0 radical (unpaired) electrons. The largest absolute Gasteiger partial charge is 0.356 e. The molecule has 1 N–H and O–H groups in total. The maximum Gasteiger partial charge on any atom is 0.264 e. The summed E-state index contributed by atoms with van der Waals surface area (Å²) in [6, 6.07) is 40.7. The van der Waals surface area contributed by atoms with Crippen molar-refractivity contribution in [3.63, 3.8) is 0 Å². The van der Waals surface area contributed by atoms with Gasteiger partial charge in [0.05, 0.1) is 5.69 Å². The summed E-state index contributed by atoms with van der Waals surface area (Å²) < 4.78 is 2.91. The summed E-state index contributed by atoms with van der Waals surface area (Å²) in [7, 11) is 0. The molecular formula is C50H47BN2S. The van der Waals surface area contributed by atoms with E-state index in [4.69, 9.17) is 0 Å². The SMILES string of the molecule is CC(C)(C)c1cc2c3c(c1)N(C1CCCCC1)c1c(sc4ccc(C(C)(C)C)cc14)B3c1ccc3c(c1N2)-c1ccccc1-c1cccc2cccc-3c12. The third-order valence-corrected chi connectivity index (χ3v) is 14.3. The molecule has 0 unspecified atom stereocenters. The van der Waals surface area contributed by atoms with E-state index in [1.807, 2.05) is 11.3 Å². The van der Waals surface area contributed by atoms with Gasteiger partial charge in [0, 0.05) is 43.5 Å². The van der Waals surface area contributed by atoms with Gasteiger partial charge in [-0.05, 0) is 109 Å². The third-order valence-electron chi connectivity index (χ3n) is 13.1. The molecule has 4 aliphatic rings. The number of hydrogen-bond donors (Lipinski definition) is 1. The molecule has 4 heteroatoms. The minimum absolute atomic E-state index is 0.00486. The topological polar surface area (TPSA) is 15.3 Å². The second-order valence-electron chi connectivity index (χ2n) is 18.4. The average Bonchev–Trinajstić information content (AvgIpc) is 3.49. The van der Waals surface area contributed by atoms with Crippen LogP contribution in [0.15, 0.2) is 103 Å². The normalized spacial score (nSPS) is 16.0. The molecule has 0 saturated heterocycles. The lowest BCUT2D eigenvalue weighted by Crippen LogP contribution is -2.61. The quantitative estimate of drug-likeness (QED) is 0.170. The monoisotopic (exact) mass is 718 g/mol. The van der Waals surface area contributed by atoms with Crippen molar-refractivity contribution in [1.29, 1.82) is 0 Å². The molecule has 1 fully saturated rings. The first kappa shape index (κ1) is 32.6. The van der Waals surface area contributed by atoms with Crippen LogP contribution in [0, 0.1) is 0 Å². The third kappa shape index (κ3) is 4.59. The summed E-state index contributed by atoms with van der Waals surface area (Å²) in [6.45, 7) is 14.3. The van der Waals surface area contributed by atoms with E-state index in [0.29, 0.717) is 6.04 Å². The molecule has 6 aromatic carbocycles. The van der Waals surface area contributed by atoms with Crippen molar-refractivity contribution in [2.75, 3.05) is 10.2 Å². The zero-order valence-corrected chi connectivity index (χ0v) is 33.2. The molecule has 3 heterocycles. The molecule has 11 rings (SSSR count). The van der Waals surface area contributed by atoms with E-state index < -0.39 is 0 Å². The van der Waals surface area contributed by atoms with Crippen LogP contribution in [0.1, 0.15) is 84.8 Å². The van der Waals surface area contributed by atoms with Gasteiger partial charge in [0.1, 0.15) is 0 Å². The van der Waals surface area contributed by atoms with Gasteiger partial charge in [-0.2, -0.15) is 0 Å². The number of fused-ring (bicyclic) bond motifs is 12. The van der Waals surface area contributed by atoms with Gasteiger partial charge >= 0.3 is 0 Å². The lowest BCUT2D eigenvalue weighted by atomic mass is 9.36. The molecule has 266 valence electrons. The second-order valence-corrected chi connectivity index (χ2v) is 19.5. The van der Waals surface area contributed by atoms with Gasteiger partial charge in [-0.15, -0.1) is 11.3 Å². The van der Waals surface area contributed by atoms with Gasteiger partial charge in [-0.25, -0.2) is 0 Å². The highest BCUT2D eigenvalue weighted by Gasteiger charge is 2.46.